The SMILES string of the molecule is CCCNc1nc2ccccc2c2c(=O)c3cccc(OC)c3sc12. The van der Waals surface area contributed by atoms with E-state index in [0.717, 1.165) is 50.2 Å². The van der Waals surface area contributed by atoms with Crippen LogP contribution in [0.1, 0.15) is 13.3 Å². The van der Waals surface area contributed by atoms with Gasteiger partial charge in [0.2, 0.25) is 0 Å². The molecule has 0 aliphatic heterocycles. The molecule has 2 heterocycles. The van der Waals surface area contributed by atoms with Crippen LogP contribution in [-0.4, -0.2) is 18.6 Å². The molecule has 4 aromatic rings. The molecule has 25 heavy (non-hydrogen) atoms. The molecule has 0 aliphatic carbocycles. The first-order valence-corrected chi connectivity index (χ1v) is 9.12. The maximum atomic E-state index is 13.3. The van der Waals surface area contributed by atoms with Gasteiger partial charge < -0.3 is 10.1 Å². The third-order valence-electron chi connectivity index (χ3n) is 4.26. The van der Waals surface area contributed by atoms with Gasteiger partial charge in [-0.25, -0.2) is 4.98 Å². The Morgan fingerprint density at radius 2 is 1.88 bits per heavy atom. The Balaban J connectivity index is 2.22. The molecule has 2 aromatic carbocycles. The summed E-state index contributed by atoms with van der Waals surface area (Å²) in [4.78, 5) is 18.1. The largest absolute Gasteiger partial charge is 0.495 e. The summed E-state index contributed by atoms with van der Waals surface area (Å²) in [7, 11) is 1.63. The quantitative estimate of drug-likeness (QED) is 0.424. The number of anilines is 1. The lowest BCUT2D eigenvalue weighted by Gasteiger charge is -2.12. The maximum Gasteiger partial charge on any atom is 0.196 e. The molecule has 0 radical (unpaired) electrons. The van der Waals surface area contributed by atoms with E-state index in [9.17, 15) is 4.79 Å². The molecule has 4 rings (SSSR count). The zero-order valence-corrected chi connectivity index (χ0v) is 14.9. The molecule has 0 amide bonds. The second-order valence-corrected chi connectivity index (χ2v) is 6.90. The number of benzene rings is 2. The molecule has 0 fully saturated rings. The normalized spacial score (nSPS) is 11.3. The molecule has 0 aliphatic rings. The molecule has 126 valence electrons. The minimum Gasteiger partial charge on any atom is -0.495 e. The first-order valence-electron chi connectivity index (χ1n) is 8.30. The van der Waals surface area contributed by atoms with E-state index < -0.39 is 0 Å². The molecular formula is C20H18N2O2S. The van der Waals surface area contributed by atoms with Crippen LogP contribution in [0.5, 0.6) is 5.75 Å². The molecule has 0 saturated heterocycles. The Kier molecular flexibility index (Phi) is 4.01. The fourth-order valence-electron chi connectivity index (χ4n) is 3.08. The molecule has 4 nitrogen and oxygen atoms in total. The van der Waals surface area contributed by atoms with Crippen LogP contribution in [0, 0.1) is 0 Å². The highest BCUT2D eigenvalue weighted by molar-refractivity contribution is 7.25. The molecule has 2 aromatic heterocycles. The van der Waals surface area contributed by atoms with Crippen molar-refractivity contribution in [1.82, 2.24) is 4.98 Å². The number of nitrogens with one attached hydrogen (secondary N) is 1. The van der Waals surface area contributed by atoms with E-state index in [1.807, 2.05) is 42.5 Å². The highest BCUT2D eigenvalue weighted by Crippen LogP contribution is 2.37. The monoisotopic (exact) mass is 350 g/mol. The zero-order valence-electron chi connectivity index (χ0n) is 14.1. The fourth-order valence-corrected chi connectivity index (χ4v) is 4.33. The van der Waals surface area contributed by atoms with Gasteiger partial charge in [-0.1, -0.05) is 31.2 Å². The van der Waals surface area contributed by atoms with Crippen molar-refractivity contribution in [3.8, 4) is 5.75 Å². The fraction of sp³-hybridized carbons (Fsp3) is 0.200. The van der Waals surface area contributed by atoms with Crippen LogP contribution in [0.4, 0.5) is 5.82 Å². The van der Waals surface area contributed by atoms with Crippen LogP contribution in [0.3, 0.4) is 0 Å². The van der Waals surface area contributed by atoms with Gasteiger partial charge in [0, 0.05) is 17.3 Å². The maximum absolute atomic E-state index is 13.3. The van der Waals surface area contributed by atoms with Gasteiger partial charge >= 0.3 is 0 Å². The highest BCUT2D eigenvalue weighted by atomic mass is 32.1. The second-order valence-electron chi connectivity index (χ2n) is 5.88. The van der Waals surface area contributed by atoms with Crippen molar-refractivity contribution in [2.75, 3.05) is 19.0 Å². The van der Waals surface area contributed by atoms with Crippen molar-refractivity contribution in [3.05, 3.63) is 52.7 Å². The summed E-state index contributed by atoms with van der Waals surface area (Å²) in [5.74, 6) is 1.49. The Labute approximate surface area is 149 Å². The Hall–Kier alpha value is -2.66. The van der Waals surface area contributed by atoms with Crippen LogP contribution in [0.15, 0.2) is 47.3 Å². The summed E-state index contributed by atoms with van der Waals surface area (Å²) in [5.41, 5.74) is 0.862. The first-order chi connectivity index (χ1) is 12.2. The van der Waals surface area contributed by atoms with Crippen molar-refractivity contribution in [2.24, 2.45) is 0 Å². The number of hydrogen-bond donors (Lipinski definition) is 1. The van der Waals surface area contributed by atoms with Crippen molar-refractivity contribution >= 4 is 48.2 Å². The lowest BCUT2D eigenvalue weighted by molar-refractivity contribution is 0.420. The topological polar surface area (TPSA) is 51.2 Å². The number of pyridine rings is 1. The summed E-state index contributed by atoms with van der Waals surface area (Å²) in [5, 5.41) is 5.69. The number of hydrogen-bond acceptors (Lipinski definition) is 5. The molecular weight excluding hydrogens is 332 g/mol. The average molecular weight is 350 g/mol. The third-order valence-corrected chi connectivity index (χ3v) is 5.49. The van der Waals surface area contributed by atoms with E-state index in [0.29, 0.717) is 5.39 Å². The average Bonchev–Trinajstić information content (AvgIpc) is 2.65. The van der Waals surface area contributed by atoms with Gasteiger partial charge in [-0.05, 0) is 24.6 Å². The molecule has 0 spiro atoms. The summed E-state index contributed by atoms with van der Waals surface area (Å²) in [6.45, 7) is 2.92. The van der Waals surface area contributed by atoms with Crippen LogP contribution in [0.2, 0.25) is 0 Å². The van der Waals surface area contributed by atoms with Crippen molar-refractivity contribution < 1.29 is 4.74 Å². The van der Waals surface area contributed by atoms with E-state index in [2.05, 4.69) is 12.2 Å². The summed E-state index contributed by atoms with van der Waals surface area (Å²) >= 11 is 1.56. The van der Waals surface area contributed by atoms with Crippen molar-refractivity contribution in [2.45, 2.75) is 13.3 Å². The molecule has 1 N–H and O–H groups in total. The summed E-state index contributed by atoms with van der Waals surface area (Å²) in [6, 6.07) is 13.4. The summed E-state index contributed by atoms with van der Waals surface area (Å²) in [6.07, 6.45) is 0.988. The van der Waals surface area contributed by atoms with E-state index in [4.69, 9.17) is 9.72 Å². The zero-order chi connectivity index (χ0) is 17.4. The van der Waals surface area contributed by atoms with Gasteiger partial charge in [0.05, 0.1) is 27.4 Å². The van der Waals surface area contributed by atoms with Crippen LogP contribution in [0.25, 0.3) is 31.1 Å². The number of fused-ring (bicyclic) bond motifs is 4. The lowest BCUT2D eigenvalue weighted by atomic mass is 10.1. The van der Waals surface area contributed by atoms with E-state index in [1.54, 1.807) is 18.4 Å². The van der Waals surface area contributed by atoms with Crippen molar-refractivity contribution in [1.29, 1.82) is 0 Å². The number of methoxy groups -OCH3 is 1. The minimum atomic E-state index is 0.0285. The smallest absolute Gasteiger partial charge is 0.196 e. The third kappa shape index (κ3) is 2.51. The van der Waals surface area contributed by atoms with Crippen molar-refractivity contribution in [3.63, 3.8) is 0 Å². The Morgan fingerprint density at radius 3 is 2.68 bits per heavy atom. The Bertz CT molecular complexity index is 1150. The predicted octanol–water partition coefficient (Wildman–Crippen LogP) is 4.79. The van der Waals surface area contributed by atoms with Crippen LogP contribution < -0.4 is 15.5 Å². The van der Waals surface area contributed by atoms with Gasteiger partial charge in [-0.15, -0.1) is 11.3 Å². The highest BCUT2D eigenvalue weighted by Gasteiger charge is 2.16. The predicted molar refractivity (Wildman–Crippen MR) is 106 cm³/mol. The molecule has 0 saturated carbocycles. The molecule has 5 heteroatoms. The van der Waals surface area contributed by atoms with Gasteiger partial charge in [0.25, 0.3) is 0 Å². The summed E-state index contributed by atoms with van der Waals surface area (Å²) < 4.78 is 7.21. The standard InChI is InChI=1S/C20H18N2O2S/c1-3-11-21-20-19-16(12-7-4-5-9-14(12)22-20)17(23)13-8-6-10-15(24-2)18(13)25-19/h4-10H,3,11H2,1-2H3,(H,21,22). The molecule has 0 atom stereocenters. The van der Waals surface area contributed by atoms with Gasteiger partial charge in [0.15, 0.2) is 5.43 Å². The number of aromatic nitrogens is 1. The van der Waals surface area contributed by atoms with Crippen LogP contribution in [-0.2, 0) is 0 Å². The van der Waals surface area contributed by atoms with Crippen LogP contribution >= 0.6 is 11.3 Å². The van der Waals surface area contributed by atoms with Gasteiger partial charge in [-0.2, -0.15) is 0 Å². The first kappa shape index (κ1) is 15.8. The van der Waals surface area contributed by atoms with E-state index in [1.165, 1.54) is 0 Å². The number of ether oxygens (including phenoxy) is 1. The number of para-hydroxylation sites is 1. The van der Waals surface area contributed by atoms with E-state index >= 15 is 0 Å². The van der Waals surface area contributed by atoms with Gasteiger partial charge in [-0.3, -0.25) is 4.79 Å². The lowest BCUT2D eigenvalue weighted by Crippen LogP contribution is -2.07. The molecule has 0 bridgehead atoms. The number of nitrogens with zero attached hydrogens (tertiary/aromatic N) is 1. The molecule has 0 unspecified atom stereocenters. The van der Waals surface area contributed by atoms with E-state index in [-0.39, 0.29) is 5.43 Å². The van der Waals surface area contributed by atoms with Gasteiger partial charge in [0.1, 0.15) is 11.6 Å². The Morgan fingerprint density at radius 1 is 1.08 bits per heavy atom. The second kappa shape index (κ2) is 6.33. The number of rotatable bonds is 4. The minimum absolute atomic E-state index is 0.0285.